The van der Waals surface area contributed by atoms with Crippen molar-refractivity contribution in [1.29, 1.82) is 0 Å². The minimum atomic E-state index is -2.64. The number of hydrogen-bond acceptors (Lipinski definition) is 11. The molecule has 16 heteroatoms. The Balaban J connectivity index is 1.76. The third-order valence-corrected chi connectivity index (χ3v) is 10.4. The van der Waals surface area contributed by atoms with Crippen LogP contribution in [0.4, 0.5) is 5.13 Å². The van der Waals surface area contributed by atoms with Crippen LogP contribution in [-0.4, -0.2) is 87.7 Å². The molecule has 1 saturated heterocycles. The lowest BCUT2D eigenvalue weighted by atomic mass is 10.0. The fourth-order valence-electron chi connectivity index (χ4n) is 3.48. The van der Waals surface area contributed by atoms with Gasteiger partial charge in [-0.25, -0.2) is 9.78 Å². The van der Waals surface area contributed by atoms with E-state index in [4.69, 9.17) is 9.57 Å². The van der Waals surface area contributed by atoms with Crippen LogP contribution in [0, 0.1) is 0 Å². The van der Waals surface area contributed by atoms with Crippen molar-refractivity contribution in [1.82, 2.24) is 15.2 Å². The number of nitrogens with one attached hydrogen (secondary N) is 2. The summed E-state index contributed by atoms with van der Waals surface area (Å²) in [7, 11) is -1.39. The maximum absolute atomic E-state index is 13.0. The predicted octanol–water partition coefficient (Wildman–Crippen LogP) is 1.53. The first kappa shape index (κ1) is 27.7. The van der Waals surface area contributed by atoms with E-state index in [0.717, 1.165) is 16.2 Å². The van der Waals surface area contributed by atoms with Gasteiger partial charge in [0.05, 0.1) is 0 Å². The number of carbonyl (C=O) groups excluding carboxylic acids is 3. The Bertz CT molecular complexity index is 1170. The fraction of sp³-hybridized carbons (Fsp3) is 0.500. The number of ether oxygens (including phenoxy) is 1. The molecule has 3 heterocycles. The van der Waals surface area contributed by atoms with Crippen LogP contribution in [0.3, 0.4) is 0 Å². The van der Waals surface area contributed by atoms with Crippen molar-refractivity contribution in [3.63, 3.8) is 0 Å². The van der Waals surface area contributed by atoms with Crippen LogP contribution in [0.25, 0.3) is 0 Å². The summed E-state index contributed by atoms with van der Waals surface area (Å²) in [4.78, 5) is 59.0. The van der Waals surface area contributed by atoms with Crippen molar-refractivity contribution >= 4 is 65.0 Å². The maximum atomic E-state index is 13.0. The first-order valence-electron chi connectivity index (χ1n) is 10.8. The minimum absolute atomic E-state index is 0.162. The number of aromatic nitrogens is 1. The lowest BCUT2D eigenvalue weighted by Gasteiger charge is -2.49. The maximum Gasteiger partial charge on any atom is 0.352 e. The lowest BCUT2D eigenvalue weighted by molar-refractivity contribution is -0.150. The molecule has 2 atom stereocenters. The van der Waals surface area contributed by atoms with Crippen LogP contribution in [0.15, 0.2) is 21.8 Å². The van der Waals surface area contributed by atoms with Crippen molar-refractivity contribution in [2.45, 2.75) is 32.2 Å². The average Bonchev–Trinajstić information content (AvgIpc) is 3.30. The molecule has 36 heavy (non-hydrogen) atoms. The molecule has 0 bridgehead atoms. The Morgan fingerprint density at radius 3 is 2.61 bits per heavy atom. The van der Waals surface area contributed by atoms with Crippen molar-refractivity contribution in [2.24, 2.45) is 5.16 Å². The second-order valence-corrected chi connectivity index (χ2v) is 12.9. The number of carboxylic acids is 1. The molecular formula is C20H26N5O8PS2. The van der Waals surface area contributed by atoms with E-state index >= 15 is 0 Å². The molecule has 2 aliphatic rings. The number of carbonyl (C=O) groups is 4. The molecule has 1 aromatic rings. The summed E-state index contributed by atoms with van der Waals surface area (Å²) in [5.41, 5.74) is 0.00185. The number of nitrogens with zero attached hydrogens (tertiary/aromatic N) is 3. The Kier molecular flexibility index (Phi) is 8.80. The molecule has 0 unspecified atom stereocenters. The van der Waals surface area contributed by atoms with Gasteiger partial charge in [0.25, 0.3) is 11.8 Å². The zero-order valence-electron chi connectivity index (χ0n) is 20.0. The van der Waals surface area contributed by atoms with Crippen LogP contribution in [0.2, 0.25) is 0 Å². The number of anilines is 1. The number of amides is 2. The molecule has 196 valence electrons. The number of aliphatic carboxylic acids is 1. The molecule has 0 aliphatic carbocycles. The number of fused-ring (bicyclic) bond motifs is 1. The van der Waals surface area contributed by atoms with Crippen LogP contribution >= 0.6 is 30.4 Å². The van der Waals surface area contributed by atoms with Crippen LogP contribution in [-0.2, 0) is 33.3 Å². The molecule has 2 amide bonds. The van der Waals surface area contributed by atoms with Gasteiger partial charge < -0.3 is 29.7 Å². The van der Waals surface area contributed by atoms with Gasteiger partial charge in [0, 0.05) is 36.0 Å². The van der Waals surface area contributed by atoms with Gasteiger partial charge in [-0.05, 0) is 0 Å². The molecule has 3 N–H and O–H groups in total. The topological polar surface area (TPSA) is 177 Å². The largest absolute Gasteiger partial charge is 0.477 e. The molecule has 0 radical (unpaired) electrons. The Labute approximate surface area is 215 Å². The summed E-state index contributed by atoms with van der Waals surface area (Å²) in [5.74, 6) is -3.07. The molecule has 3 rings (SSSR count). The number of rotatable bonds is 11. The molecule has 1 aromatic heterocycles. The number of thioether (sulfide) groups is 1. The van der Waals surface area contributed by atoms with Gasteiger partial charge >= 0.3 is 11.9 Å². The Morgan fingerprint density at radius 1 is 1.33 bits per heavy atom. The molecule has 0 saturated carbocycles. The van der Waals surface area contributed by atoms with Gasteiger partial charge in [0.15, 0.2) is 18.1 Å². The summed E-state index contributed by atoms with van der Waals surface area (Å²) < 4.78 is 17.6. The van der Waals surface area contributed by atoms with Gasteiger partial charge in [-0.3, -0.25) is 19.3 Å². The second kappa shape index (κ2) is 11.4. The highest BCUT2D eigenvalue weighted by Crippen LogP contribution is 2.45. The molecular weight excluding hydrogens is 533 g/mol. The number of thiazole rings is 1. The van der Waals surface area contributed by atoms with E-state index in [-0.39, 0.29) is 35.0 Å². The monoisotopic (exact) mass is 559 g/mol. The van der Waals surface area contributed by atoms with Crippen molar-refractivity contribution in [3.8, 4) is 0 Å². The molecule has 0 spiro atoms. The standard InChI is InChI=1S/C20H26N5O8PS2/c1-5-34(31,6-2)24-20-21-12(9-36-20)13(23-32-4)16(27)22-14-17(28)25-15(19(29)30)11(7-33-10(3)26)8-35-18(14)25/h9,14,18H,5-8H2,1-4H3,(H,22,27)(H,29,30)(H,21,24,31)/t14-,18-/m1/s1. The summed E-state index contributed by atoms with van der Waals surface area (Å²) in [5, 5.41) is 20.2. The number of oxime groups is 1. The van der Waals surface area contributed by atoms with E-state index < -0.39 is 42.5 Å². The number of hydrogen-bond donors (Lipinski definition) is 3. The summed E-state index contributed by atoms with van der Waals surface area (Å²) in [6.07, 6.45) is 0.874. The second-order valence-electron chi connectivity index (χ2n) is 7.69. The predicted molar refractivity (Wildman–Crippen MR) is 134 cm³/mol. The van der Waals surface area contributed by atoms with E-state index in [2.05, 4.69) is 20.5 Å². The summed E-state index contributed by atoms with van der Waals surface area (Å²) >= 11 is 2.39. The molecule has 13 nitrogen and oxygen atoms in total. The normalized spacial score (nSPS) is 19.8. The van der Waals surface area contributed by atoms with E-state index in [1.165, 1.54) is 25.8 Å². The van der Waals surface area contributed by atoms with Gasteiger partial charge in [-0.2, -0.15) is 0 Å². The summed E-state index contributed by atoms with van der Waals surface area (Å²) in [6.45, 7) is 4.57. The quantitative estimate of drug-likeness (QED) is 0.118. The van der Waals surface area contributed by atoms with Crippen molar-refractivity contribution in [3.05, 3.63) is 22.3 Å². The zero-order chi connectivity index (χ0) is 26.6. The highest BCUT2D eigenvalue weighted by atomic mass is 32.2. The summed E-state index contributed by atoms with van der Waals surface area (Å²) in [6, 6.07) is -1.01. The zero-order valence-corrected chi connectivity index (χ0v) is 22.5. The van der Waals surface area contributed by atoms with Gasteiger partial charge in [0.1, 0.15) is 36.5 Å². The van der Waals surface area contributed by atoms with E-state index in [0.29, 0.717) is 17.5 Å². The third kappa shape index (κ3) is 5.73. The first-order chi connectivity index (χ1) is 17.0. The van der Waals surface area contributed by atoms with Gasteiger partial charge in [0.2, 0.25) is 0 Å². The Morgan fingerprint density at radius 2 is 2.03 bits per heavy atom. The van der Waals surface area contributed by atoms with Gasteiger partial charge in [-0.1, -0.05) is 19.0 Å². The minimum Gasteiger partial charge on any atom is -0.477 e. The van der Waals surface area contributed by atoms with E-state index in [9.17, 15) is 28.8 Å². The van der Waals surface area contributed by atoms with Crippen molar-refractivity contribution < 1.29 is 38.4 Å². The fourth-order valence-corrected chi connectivity index (χ4v) is 7.22. The van der Waals surface area contributed by atoms with Crippen LogP contribution < -0.4 is 10.4 Å². The Hall–Kier alpha value is -2.90. The molecule has 2 aliphatic heterocycles. The van der Waals surface area contributed by atoms with Crippen molar-refractivity contribution in [2.75, 3.05) is 36.9 Å². The van der Waals surface area contributed by atoms with Crippen LogP contribution in [0.1, 0.15) is 26.5 Å². The third-order valence-electron chi connectivity index (χ3n) is 5.45. The highest BCUT2D eigenvalue weighted by Gasteiger charge is 2.54. The lowest BCUT2D eigenvalue weighted by Crippen LogP contribution is -2.71. The smallest absolute Gasteiger partial charge is 0.352 e. The number of esters is 1. The van der Waals surface area contributed by atoms with Gasteiger partial charge in [-0.15, -0.1) is 23.1 Å². The van der Waals surface area contributed by atoms with E-state index in [1.54, 1.807) is 5.38 Å². The first-order valence-corrected chi connectivity index (χ1v) is 14.8. The van der Waals surface area contributed by atoms with Crippen LogP contribution in [0.5, 0.6) is 0 Å². The van der Waals surface area contributed by atoms with E-state index in [1.807, 2.05) is 13.8 Å². The number of carboxylic acid groups (broad SMARTS) is 1. The number of β-lactam (4-membered cyclic amide) rings is 1. The average molecular weight is 560 g/mol. The molecule has 1 fully saturated rings. The SMILES string of the molecule is CCP(=O)(CC)Nc1nc(C(=NOC)C(=O)N[C@@H]2C(=O)N3C(C(=O)O)=C(COC(C)=O)CS[C@H]23)cs1. The molecule has 0 aromatic carbocycles. The highest BCUT2D eigenvalue weighted by molar-refractivity contribution is 8.00.